The summed E-state index contributed by atoms with van der Waals surface area (Å²) in [6.07, 6.45) is -0.447. The van der Waals surface area contributed by atoms with E-state index in [0.717, 1.165) is 12.3 Å². The number of hydrogen-bond donors (Lipinski definition) is 0. The minimum Gasteiger partial charge on any atom is -0.475 e. The molecular weight excluding hydrogens is 489 g/mol. The number of rotatable bonds is 8. The van der Waals surface area contributed by atoms with Gasteiger partial charge in [0.15, 0.2) is 0 Å². The quantitative estimate of drug-likeness (QED) is 0.429. The SMILES string of the molecule is CN1CC(Cn2cc(F)c(OCCc3ccc(Oc4ccc(F)c(C(F)(F)F)c4)nc3)nc2=O)C=N1. The van der Waals surface area contributed by atoms with Gasteiger partial charge in [0.1, 0.15) is 11.6 Å². The molecule has 36 heavy (non-hydrogen) atoms. The third-order valence-corrected chi connectivity index (χ3v) is 5.21. The molecule has 1 atom stereocenters. The number of benzene rings is 1. The van der Waals surface area contributed by atoms with Crippen molar-refractivity contribution in [1.29, 1.82) is 0 Å². The lowest BCUT2D eigenvalue weighted by atomic mass is 10.2. The number of pyridine rings is 1. The Morgan fingerprint density at radius 2 is 1.94 bits per heavy atom. The van der Waals surface area contributed by atoms with Crippen molar-refractivity contribution in [2.75, 3.05) is 20.2 Å². The van der Waals surface area contributed by atoms with Gasteiger partial charge in [0.25, 0.3) is 5.88 Å². The molecule has 13 heteroatoms. The monoisotopic (exact) mass is 509 g/mol. The molecule has 3 aromatic rings. The number of halogens is 5. The molecule has 0 amide bonds. The van der Waals surface area contributed by atoms with Crippen LogP contribution >= 0.6 is 0 Å². The molecule has 2 aromatic heterocycles. The van der Waals surface area contributed by atoms with E-state index in [-0.39, 0.29) is 37.1 Å². The third-order valence-electron chi connectivity index (χ3n) is 5.21. The Labute approximate surface area is 201 Å². The van der Waals surface area contributed by atoms with Crippen LogP contribution in [0.3, 0.4) is 0 Å². The second kappa shape index (κ2) is 10.3. The molecular formula is C23H20F5N5O3. The van der Waals surface area contributed by atoms with Crippen LogP contribution in [0, 0.1) is 17.6 Å². The number of aromatic nitrogens is 3. The highest BCUT2D eigenvalue weighted by Crippen LogP contribution is 2.34. The molecule has 1 aliphatic rings. The maximum absolute atomic E-state index is 14.4. The van der Waals surface area contributed by atoms with Crippen molar-refractivity contribution in [3.8, 4) is 17.5 Å². The van der Waals surface area contributed by atoms with Crippen LogP contribution in [-0.2, 0) is 19.1 Å². The molecule has 0 spiro atoms. The highest BCUT2D eigenvalue weighted by Gasteiger charge is 2.34. The van der Waals surface area contributed by atoms with E-state index in [0.29, 0.717) is 24.2 Å². The molecule has 1 aromatic carbocycles. The minimum atomic E-state index is -4.86. The fourth-order valence-corrected chi connectivity index (χ4v) is 3.47. The minimum absolute atomic E-state index is 0.00535. The van der Waals surface area contributed by atoms with Crippen LogP contribution in [0.2, 0.25) is 0 Å². The summed E-state index contributed by atoms with van der Waals surface area (Å²) in [4.78, 5) is 19.9. The smallest absolute Gasteiger partial charge is 0.419 e. The van der Waals surface area contributed by atoms with Crippen LogP contribution in [0.15, 0.2) is 52.6 Å². The summed E-state index contributed by atoms with van der Waals surface area (Å²) in [6, 6.07) is 5.27. The lowest BCUT2D eigenvalue weighted by Crippen LogP contribution is -2.29. The molecule has 8 nitrogen and oxygen atoms in total. The van der Waals surface area contributed by atoms with Crippen molar-refractivity contribution >= 4 is 6.21 Å². The van der Waals surface area contributed by atoms with Gasteiger partial charge in [0.2, 0.25) is 11.7 Å². The average Bonchev–Trinajstić information content (AvgIpc) is 3.23. The van der Waals surface area contributed by atoms with Gasteiger partial charge in [-0.1, -0.05) is 6.07 Å². The number of nitrogens with zero attached hydrogens (tertiary/aromatic N) is 5. The van der Waals surface area contributed by atoms with Crippen molar-refractivity contribution in [3.05, 3.63) is 76.0 Å². The van der Waals surface area contributed by atoms with Crippen LogP contribution in [0.1, 0.15) is 11.1 Å². The Hall–Kier alpha value is -4.03. The Morgan fingerprint density at radius 1 is 1.14 bits per heavy atom. The zero-order valence-corrected chi connectivity index (χ0v) is 18.9. The van der Waals surface area contributed by atoms with Gasteiger partial charge in [-0.15, -0.1) is 0 Å². The van der Waals surface area contributed by atoms with E-state index in [2.05, 4.69) is 15.1 Å². The average molecular weight is 509 g/mol. The third kappa shape index (κ3) is 6.15. The van der Waals surface area contributed by atoms with Gasteiger partial charge in [-0.25, -0.2) is 14.2 Å². The van der Waals surface area contributed by atoms with E-state index in [1.807, 2.05) is 0 Å². The summed E-state index contributed by atoms with van der Waals surface area (Å²) in [5.41, 5.74) is -1.44. The number of hydrogen-bond acceptors (Lipinski definition) is 7. The molecule has 1 unspecified atom stereocenters. The van der Waals surface area contributed by atoms with E-state index in [9.17, 15) is 26.7 Å². The summed E-state index contributed by atoms with van der Waals surface area (Å²) >= 11 is 0. The van der Waals surface area contributed by atoms with Crippen LogP contribution < -0.4 is 15.2 Å². The number of alkyl halides is 3. The van der Waals surface area contributed by atoms with Gasteiger partial charge in [0, 0.05) is 51.0 Å². The lowest BCUT2D eigenvalue weighted by molar-refractivity contribution is -0.140. The topological polar surface area (TPSA) is 81.8 Å². The van der Waals surface area contributed by atoms with Crippen molar-refractivity contribution in [2.24, 2.45) is 11.0 Å². The largest absolute Gasteiger partial charge is 0.475 e. The normalized spacial score (nSPS) is 15.4. The van der Waals surface area contributed by atoms with Gasteiger partial charge in [-0.2, -0.15) is 27.6 Å². The predicted octanol–water partition coefficient (Wildman–Crippen LogP) is 3.90. The molecule has 0 fully saturated rings. The van der Waals surface area contributed by atoms with Crippen LogP contribution in [0.5, 0.6) is 17.5 Å². The molecule has 3 heterocycles. The summed E-state index contributed by atoms with van der Waals surface area (Å²) in [5, 5.41) is 5.80. The molecule has 0 bridgehead atoms. The zero-order chi connectivity index (χ0) is 25.9. The van der Waals surface area contributed by atoms with Crippen molar-refractivity contribution in [3.63, 3.8) is 0 Å². The van der Waals surface area contributed by atoms with E-state index < -0.39 is 34.9 Å². The van der Waals surface area contributed by atoms with Gasteiger partial charge in [0.05, 0.1) is 18.4 Å². The molecule has 4 rings (SSSR count). The summed E-state index contributed by atoms with van der Waals surface area (Å²) in [6.45, 7) is 0.845. The summed E-state index contributed by atoms with van der Waals surface area (Å²) in [5.74, 6) is -2.87. The Kier molecular flexibility index (Phi) is 7.17. The second-order valence-corrected chi connectivity index (χ2v) is 8.04. The maximum Gasteiger partial charge on any atom is 0.419 e. The molecule has 0 saturated carbocycles. The maximum atomic E-state index is 14.4. The van der Waals surface area contributed by atoms with E-state index >= 15 is 0 Å². The van der Waals surface area contributed by atoms with E-state index in [1.165, 1.54) is 16.8 Å². The lowest BCUT2D eigenvalue weighted by Gasteiger charge is -2.13. The Bertz CT molecular complexity index is 1310. The van der Waals surface area contributed by atoms with Gasteiger partial charge >= 0.3 is 11.9 Å². The number of ether oxygens (including phenoxy) is 2. The predicted molar refractivity (Wildman–Crippen MR) is 118 cm³/mol. The molecule has 0 radical (unpaired) electrons. The van der Waals surface area contributed by atoms with Gasteiger partial charge < -0.3 is 9.47 Å². The Balaban J connectivity index is 1.32. The van der Waals surface area contributed by atoms with Crippen LogP contribution in [-0.4, -0.2) is 46.0 Å². The fourth-order valence-electron chi connectivity index (χ4n) is 3.47. The van der Waals surface area contributed by atoms with Crippen LogP contribution in [0.4, 0.5) is 22.0 Å². The summed E-state index contributed by atoms with van der Waals surface area (Å²) in [7, 11) is 1.80. The molecule has 0 aliphatic carbocycles. The van der Waals surface area contributed by atoms with Gasteiger partial charge in [-0.3, -0.25) is 9.58 Å². The standard InChI is InChI=1S/C23H20F5N5O3/c1-32-11-15(10-30-32)12-33-13-19(25)21(31-22(33)34)35-7-6-14-2-5-20(29-9-14)36-16-3-4-18(24)17(8-16)23(26,27)28/h2-5,8-10,13,15H,6-7,11-12H2,1H3. The summed E-state index contributed by atoms with van der Waals surface area (Å²) < 4.78 is 78.1. The fraction of sp³-hybridized carbons (Fsp3) is 0.304. The number of hydrazone groups is 1. The first-order chi connectivity index (χ1) is 17.1. The van der Waals surface area contributed by atoms with E-state index in [4.69, 9.17) is 9.47 Å². The first-order valence-electron chi connectivity index (χ1n) is 10.7. The Morgan fingerprint density at radius 3 is 2.61 bits per heavy atom. The molecule has 0 N–H and O–H groups in total. The second-order valence-electron chi connectivity index (χ2n) is 8.04. The van der Waals surface area contributed by atoms with Crippen molar-refractivity contribution < 1.29 is 31.4 Å². The molecule has 190 valence electrons. The highest BCUT2D eigenvalue weighted by molar-refractivity contribution is 5.62. The molecule has 1 aliphatic heterocycles. The highest BCUT2D eigenvalue weighted by atomic mass is 19.4. The van der Waals surface area contributed by atoms with E-state index in [1.54, 1.807) is 24.3 Å². The van der Waals surface area contributed by atoms with Crippen LogP contribution in [0.25, 0.3) is 0 Å². The van der Waals surface area contributed by atoms with Gasteiger partial charge in [-0.05, 0) is 23.8 Å². The first-order valence-corrected chi connectivity index (χ1v) is 10.7. The zero-order valence-electron chi connectivity index (χ0n) is 18.9. The van der Waals surface area contributed by atoms with Crippen molar-refractivity contribution in [1.82, 2.24) is 19.5 Å². The molecule has 0 saturated heterocycles. The van der Waals surface area contributed by atoms with Crippen molar-refractivity contribution in [2.45, 2.75) is 19.1 Å². The first kappa shape index (κ1) is 25.1.